The van der Waals surface area contributed by atoms with Crippen molar-refractivity contribution >= 4 is 15.9 Å². The van der Waals surface area contributed by atoms with Crippen molar-refractivity contribution in [3.63, 3.8) is 0 Å². The lowest BCUT2D eigenvalue weighted by Crippen LogP contribution is -2.29. The topological polar surface area (TPSA) is 57.2 Å². The van der Waals surface area contributed by atoms with Gasteiger partial charge in [-0.3, -0.25) is 0 Å². The van der Waals surface area contributed by atoms with E-state index in [0.717, 1.165) is 17.5 Å². The Hall–Kier alpha value is -1.57. The van der Waals surface area contributed by atoms with Crippen LogP contribution in [-0.4, -0.2) is 5.11 Å². The fraction of sp³-hybridized carbons (Fsp3) is 0.267. The summed E-state index contributed by atoms with van der Waals surface area (Å²) in [6.07, 6.45) is 0.470. The third-order valence-electron chi connectivity index (χ3n) is 3.82. The molecule has 0 radical (unpaired) electrons. The summed E-state index contributed by atoms with van der Waals surface area (Å²) in [5.74, 6) is 0.421. The summed E-state index contributed by atoms with van der Waals surface area (Å²) in [5.41, 5.74) is 1.14. The number of halogens is 1. The van der Waals surface area contributed by atoms with E-state index in [1.165, 1.54) is 0 Å². The van der Waals surface area contributed by atoms with Crippen LogP contribution in [0.4, 0.5) is 0 Å². The number of furan rings is 1. The summed E-state index contributed by atoms with van der Waals surface area (Å²) in [6, 6.07) is 13.5. The summed E-state index contributed by atoms with van der Waals surface area (Å²) in [5, 5.41) is 20.2. The lowest BCUT2D eigenvalue weighted by atomic mass is 9.77. The minimum absolute atomic E-state index is 0.421. The third-order valence-corrected chi connectivity index (χ3v) is 4.24. The second-order valence-electron chi connectivity index (χ2n) is 4.78. The molecule has 1 aliphatic carbocycles. The third kappa shape index (κ3) is 1.81. The van der Waals surface area contributed by atoms with E-state index in [1.54, 1.807) is 12.1 Å². The molecule has 0 fully saturated rings. The van der Waals surface area contributed by atoms with Crippen molar-refractivity contribution in [3.8, 4) is 6.07 Å². The van der Waals surface area contributed by atoms with E-state index in [2.05, 4.69) is 22.0 Å². The SMILES string of the molecule is N#CC1(C(O)c2ccc(Br)o2)CCc2ccccc21. The van der Waals surface area contributed by atoms with E-state index in [4.69, 9.17) is 4.42 Å². The van der Waals surface area contributed by atoms with Crippen LogP contribution in [-0.2, 0) is 11.8 Å². The lowest BCUT2D eigenvalue weighted by molar-refractivity contribution is 0.0870. The number of benzene rings is 1. The van der Waals surface area contributed by atoms with Gasteiger partial charge in [0.15, 0.2) is 4.67 Å². The molecule has 0 spiro atoms. The summed E-state index contributed by atoms with van der Waals surface area (Å²) in [6.45, 7) is 0. The number of aliphatic hydroxyl groups is 1. The minimum atomic E-state index is -0.951. The largest absolute Gasteiger partial charge is 0.452 e. The number of hydrogen-bond acceptors (Lipinski definition) is 3. The zero-order valence-electron chi connectivity index (χ0n) is 10.1. The molecule has 0 saturated carbocycles. The second-order valence-corrected chi connectivity index (χ2v) is 5.57. The number of hydrogen-bond donors (Lipinski definition) is 1. The molecule has 2 unspecified atom stereocenters. The zero-order valence-corrected chi connectivity index (χ0v) is 11.7. The molecular weight excluding hydrogens is 306 g/mol. The minimum Gasteiger partial charge on any atom is -0.452 e. The van der Waals surface area contributed by atoms with Gasteiger partial charge in [-0.25, -0.2) is 0 Å². The van der Waals surface area contributed by atoms with Gasteiger partial charge in [-0.15, -0.1) is 0 Å². The normalized spacial score (nSPS) is 22.8. The van der Waals surface area contributed by atoms with Crippen molar-refractivity contribution in [1.82, 2.24) is 0 Å². The number of nitrogens with zero attached hydrogens (tertiary/aromatic N) is 1. The highest BCUT2D eigenvalue weighted by Gasteiger charge is 2.47. The van der Waals surface area contributed by atoms with Crippen LogP contribution in [0, 0.1) is 11.3 Å². The van der Waals surface area contributed by atoms with E-state index in [0.29, 0.717) is 16.9 Å². The van der Waals surface area contributed by atoms with Gasteiger partial charge in [0.2, 0.25) is 0 Å². The van der Waals surface area contributed by atoms with E-state index < -0.39 is 11.5 Å². The molecule has 1 heterocycles. The van der Waals surface area contributed by atoms with E-state index in [1.807, 2.05) is 24.3 Å². The molecule has 2 aromatic rings. The molecule has 1 N–H and O–H groups in total. The van der Waals surface area contributed by atoms with E-state index in [-0.39, 0.29) is 0 Å². The summed E-state index contributed by atoms with van der Waals surface area (Å²) in [4.78, 5) is 0. The molecule has 0 bridgehead atoms. The Morgan fingerprint density at radius 2 is 2.11 bits per heavy atom. The Morgan fingerprint density at radius 1 is 1.32 bits per heavy atom. The van der Waals surface area contributed by atoms with Gasteiger partial charge in [0.1, 0.15) is 17.3 Å². The number of nitriles is 1. The van der Waals surface area contributed by atoms with Crippen molar-refractivity contribution in [3.05, 3.63) is 58.0 Å². The maximum atomic E-state index is 10.6. The standard InChI is InChI=1S/C15H12BrNO2/c16-13-6-5-12(19-13)14(18)15(9-17)8-7-10-3-1-2-4-11(10)15/h1-6,14,18H,7-8H2. The second kappa shape index (κ2) is 4.52. The van der Waals surface area contributed by atoms with Crippen LogP contribution in [0.5, 0.6) is 0 Å². The Balaban J connectivity index is 2.09. The fourth-order valence-electron chi connectivity index (χ4n) is 2.82. The van der Waals surface area contributed by atoms with Gasteiger partial charge in [-0.2, -0.15) is 5.26 Å². The van der Waals surface area contributed by atoms with Gasteiger partial charge >= 0.3 is 0 Å². The molecule has 1 aliphatic rings. The molecule has 4 heteroatoms. The number of rotatable bonds is 2. The smallest absolute Gasteiger partial charge is 0.169 e. The van der Waals surface area contributed by atoms with Gasteiger partial charge < -0.3 is 9.52 Å². The van der Waals surface area contributed by atoms with Crippen molar-refractivity contribution in [2.45, 2.75) is 24.4 Å². The maximum absolute atomic E-state index is 10.6. The van der Waals surface area contributed by atoms with Gasteiger partial charge in [-0.05, 0) is 52.0 Å². The van der Waals surface area contributed by atoms with E-state index >= 15 is 0 Å². The number of aryl methyl sites for hydroxylation is 1. The van der Waals surface area contributed by atoms with Gasteiger partial charge in [0.05, 0.1) is 6.07 Å². The van der Waals surface area contributed by atoms with Crippen LogP contribution in [0.2, 0.25) is 0 Å². The lowest BCUT2D eigenvalue weighted by Gasteiger charge is -2.26. The van der Waals surface area contributed by atoms with Crippen molar-refractivity contribution in [2.75, 3.05) is 0 Å². The van der Waals surface area contributed by atoms with Crippen LogP contribution in [0.1, 0.15) is 29.4 Å². The number of fused-ring (bicyclic) bond motifs is 1. The van der Waals surface area contributed by atoms with Gasteiger partial charge in [-0.1, -0.05) is 24.3 Å². The zero-order chi connectivity index (χ0) is 13.5. The van der Waals surface area contributed by atoms with Gasteiger partial charge in [0, 0.05) is 0 Å². The van der Waals surface area contributed by atoms with Crippen LogP contribution < -0.4 is 0 Å². The molecule has 3 nitrogen and oxygen atoms in total. The van der Waals surface area contributed by atoms with Crippen molar-refractivity contribution in [2.24, 2.45) is 0 Å². The monoisotopic (exact) mass is 317 g/mol. The first-order valence-electron chi connectivity index (χ1n) is 6.10. The molecule has 3 rings (SSSR count). The quantitative estimate of drug-likeness (QED) is 0.922. The summed E-state index contributed by atoms with van der Waals surface area (Å²) < 4.78 is 5.97. The maximum Gasteiger partial charge on any atom is 0.169 e. The van der Waals surface area contributed by atoms with Crippen LogP contribution in [0.25, 0.3) is 0 Å². The Labute approximate surface area is 119 Å². The molecule has 0 aliphatic heterocycles. The Bertz CT molecular complexity index is 658. The highest BCUT2D eigenvalue weighted by Crippen LogP contribution is 2.47. The molecule has 2 atom stereocenters. The molecule has 1 aromatic carbocycles. The predicted molar refractivity (Wildman–Crippen MR) is 73.4 cm³/mol. The highest BCUT2D eigenvalue weighted by atomic mass is 79.9. The van der Waals surface area contributed by atoms with Crippen molar-refractivity contribution < 1.29 is 9.52 Å². The number of aliphatic hydroxyl groups excluding tert-OH is 1. The van der Waals surface area contributed by atoms with Crippen molar-refractivity contribution in [1.29, 1.82) is 5.26 Å². The molecule has 0 amide bonds. The average molecular weight is 318 g/mol. The van der Waals surface area contributed by atoms with Crippen LogP contribution in [0.15, 0.2) is 45.5 Å². The van der Waals surface area contributed by atoms with Crippen LogP contribution >= 0.6 is 15.9 Å². The first-order valence-corrected chi connectivity index (χ1v) is 6.89. The van der Waals surface area contributed by atoms with E-state index in [9.17, 15) is 10.4 Å². The summed E-state index contributed by atoms with van der Waals surface area (Å²) >= 11 is 3.22. The summed E-state index contributed by atoms with van der Waals surface area (Å²) in [7, 11) is 0. The molecule has 0 saturated heterocycles. The first kappa shape index (κ1) is 12.5. The van der Waals surface area contributed by atoms with Gasteiger partial charge in [0.25, 0.3) is 0 Å². The Kier molecular flexibility index (Phi) is 2.96. The molecular formula is C15H12BrNO2. The average Bonchev–Trinajstić information content (AvgIpc) is 3.02. The highest BCUT2D eigenvalue weighted by molar-refractivity contribution is 9.10. The molecule has 96 valence electrons. The Morgan fingerprint density at radius 3 is 2.79 bits per heavy atom. The molecule has 1 aromatic heterocycles. The molecule has 19 heavy (non-hydrogen) atoms. The fourth-order valence-corrected chi connectivity index (χ4v) is 3.14. The predicted octanol–water partition coefficient (Wildman–Crippen LogP) is 3.48. The first-order chi connectivity index (χ1) is 9.17. The van der Waals surface area contributed by atoms with Crippen LogP contribution in [0.3, 0.4) is 0 Å².